The summed E-state index contributed by atoms with van der Waals surface area (Å²) in [6.45, 7) is 8.33. The Labute approximate surface area is 151 Å². The minimum Gasteiger partial charge on any atom is -0.342 e. The van der Waals surface area contributed by atoms with Gasteiger partial charge in [0, 0.05) is 13.5 Å². The zero-order valence-electron chi connectivity index (χ0n) is 15.2. The Kier molecular flexibility index (Phi) is 7.21. The van der Waals surface area contributed by atoms with Crippen molar-refractivity contribution in [3.63, 3.8) is 0 Å². The van der Waals surface area contributed by atoms with Gasteiger partial charge in [0.2, 0.25) is 0 Å². The molecule has 25 heavy (non-hydrogen) atoms. The Balaban J connectivity index is 2.31. The molecule has 0 aliphatic carbocycles. The van der Waals surface area contributed by atoms with Crippen molar-refractivity contribution in [3.05, 3.63) is 84.7 Å². The maximum atomic E-state index is 12.1. The third-order valence-corrected chi connectivity index (χ3v) is 4.23. The third-order valence-electron chi connectivity index (χ3n) is 4.23. The number of nitrogens with zero attached hydrogens (tertiary/aromatic N) is 1. The summed E-state index contributed by atoms with van der Waals surface area (Å²) < 4.78 is 0. The largest absolute Gasteiger partial charge is 0.342 e. The van der Waals surface area contributed by atoms with E-state index in [4.69, 9.17) is 0 Å². The van der Waals surface area contributed by atoms with Gasteiger partial charge < -0.3 is 4.90 Å². The van der Waals surface area contributed by atoms with Gasteiger partial charge in [-0.3, -0.25) is 4.79 Å². The van der Waals surface area contributed by atoms with Gasteiger partial charge in [-0.2, -0.15) is 0 Å². The summed E-state index contributed by atoms with van der Waals surface area (Å²) in [5.74, 6) is 0.0770. The molecule has 0 fully saturated rings. The van der Waals surface area contributed by atoms with Gasteiger partial charge >= 0.3 is 0 Å². The van der Waals surface area contributed by atoms with Crippen molar-refractivity contribution in [3.8, 4) is 11.1 Å². The number of benzene rings is 2. The number of hydrogen-bond donors (Lipinski definition) is 0. The van der Waals surface area contributed by atoms with Crippen LogP contribution in [0.25, 0.3) is 11.1 Å². The molecule has 0 unspecified atom stereocenters. The summed E-state index contributed by atoms with van der Waals surface area (Å²) in [5, 5.41) is 0. The highest BCUT2D eigenvalue weighted by atomic mass is 16.1. The number of hydrogen-bond acceptors (Lipinski definition) is 2. The van der Waals surface area contributed by atoms with E-state index >= 15 is 0 Å². The van der Waals surface area contributed by atoms with E-state index in [1.165, 1.54) is 16.7 Å². The normalized spacial score (nSPS) is 11.2. The van der Waals surface area contributed by atoms with Crippen LogP contribution in [-0.2, 0) is 11.3 Å². The quantitative estimate of drug-likeness (QED) is 0.417. The van der Waals surface area contributed by atoms with Crippen LogP contribution in [0.2, 0.25) is 0 Å². The first kappa shape index (κ1) is 18.7. The highest BCUT2D eigenvalue weighted by molar-refractivity contribution is 5.92. The van der Waals surface area contributed by atoms with E-state index in [9.17, 15) is 4.79 Å². The molecule has 130 valence electrons. The SMILES string of the molecule is C=CN(Cc1ccccc1-c1ccccc1)C(=CCCCC)C(C)=O. The topological polar surface area (TPSA) is 20.3 Å². The molecule has 0 atom stereocenters. The molecule has 2 aromatic carbocycles. The second-order valence-corrected chi connectivity index (χ2v) is 6.12. The van der Waals surface area contributed by atoms with E-state index in [0.29, 0.717) is 6.54 Å². The first-order valence-corrected chi connectivity index (χ1v) is 8.91. The van der Waals surface area contributed by atoms with Crippen molar-refractivity contribution < 1.29 is 4.79 Å². The van der Waals surface area contributed by atoms with Crippen LogP contribution in [0, 0.1) is 0 Å². The molecule has 0 heterocycles. The van der Waals surface area contributed by atoms with E-state index in [1.807, 2.05) is 41.3 Å². The summed E-state index contributed by atoms with van der Waals surface area (Å²) in [4.78, 5) is 14.1. The van der Waals surface area contributed by atoms with Gasteiger partial charge in [-0.05, 0) is 35.7 Å². The second kappa shape index (κ2) is 9.63. The maximum Gasteiger partial charge on any atom is 0.175 e. The molecule has 0 saturated heterocycles. The van der Waals surface area contributed by atoms with Crippen LogP contribution in [0.3, 0.4) is 0 Å². The lowest BCUT2D eigenvalue weighted by Crippen LogP contribution is -2.21. The Hall–Kier alpha value is -2.61. The van der Waals surface area contributed by atoms with E-state index in [1.54, 1.807) is 13.1 Å². The summed E-state index contributed by atoms with van der Waals surface area (Å²) >= 11 is 0. The Bertz CT molecular complexity index is 731. The van der Waals surface area contributed by atoms with Crippen LogP contribution in [0.15, 0.2) is 79.1 Å². The molecule has 0 bridgehead atoms. The summed E-state index contributed by atoms with van der Waals surface area (Å²) in [6, 6.07) is 18.7. The molecule has 0 spiro atoms. The maximum absolute atomic E-state index is 12.1. The van der Waals surface area contributed by atoms with Gasteiger partial charge in [-0.1, -0.05) is 80.6 Å². The van der Waals surface area contributed by atoms with Gasteiger partial charge in [0.15, 0.2) is 5.78 Å². The number of unbranched alkanes of at least 4 members (excludes halogenated alkanes) is 2. The van der Waals surface area contributed by atoms with Crippen LogP contribution < -0.4 is 0 Å². The van der Waals surface area contributed by atoms with E-state index < -0.39 is 0 Å². The molecule has 0 saturated carbocycles. The third kappa shape index (κ3) is 5.18. The number of ketones is 1. The lowest BCUT2D eigenvalue weighted by Gasteiger charge is -2.23. The van der Waals surface area contributed by atoms with Crippen molar-refractivity contribution in [2.45, 2.75) is 39.7 Å². The molecular formula is C23H27NO. The highest BCUT2D eigenvalue weighted by Crippen LogP contribution is 2.26. The molecule has 2 nitrogen and oxygen atoms in total. The molecular weight excluding hydrogens is 306 g/mol. The highest BCUT2D eigenvalue weighted by Gasteiger charge is 2.14. The van der Waals surface area contributed by atoms with Crippen molar-refractivity contribution in [2.24, 2.45) is 0 Å². The molecule has 0 amide bonds. The van der Waals surface area contributed by atoms with Gasteiger partial charge in [0.1, 0.15) is 0 Å². The van der Waals surface area contributed by atoms with Crippen LogP contribution in [0.4, 0.5) is 0 Å². The number of carbonyl (C=O) groups excluding carboxylic acids is 1. The minimum absolute atomic E-state index is 0.0770. The van der Waals surface area contributed by atoms with E-state index in [2.05, 4.69) is 37.8 Å². The Morgan fingerprint density at radius 2 is 1.76 bits per heavy atom. The van der Waals surface area contributed by atoms with Crippen molar-refractivity contribution in [2.75, 3.05) is 0 Å². The monoisotopic (exact) mass is 333 g/mol. The molecule has 2 aromatic rings. The lowest BCUT2D eigenvalue weighted by atomic mass is 9.99. The molecule has 0 N–H and O–H groups in total. The van der Waals surface area contributed by atoms with E-state index in [0.717, 1.165) is 25.0 Å². The lowest BCUT2D eigenvalue weighted by molar-refractivity contribution is -0.114. The number of allylic oxidation sites excluding steroid dienone is 2. The van der Waals surface area contributed by atoms with Gasteiger partial charge in [0.05, 0.1) is 5.70 Å². The Morgan fingerprint density at radius 1 is 1.08 bits per heavy atom. The minimum atomic E-state index is 0.0770. The van der Waals surface area contributed by atoms with Crippen LogP contribution in [-0.4, -0.2) is 10.7 Å². The van der Waals surface area contributed by atoms with Gasteiger partial charge in [-0.25, -0.2) is 0 Å². The molecule has 2 heteroatoms. The van der Waals surface area contributed by atoms with Crippen molar-refractivity contribution in [1.29, 1.82) is 0 Å². The van der Waals surface area contributed by atoms with Gasteiger partial charge in [0.25, 0.3) is 0 Å². The Morgan fingerprint density at radius 3 is 2.40 bits per heavy atom. The smallest absolute Gasteiger partial charge is 0.175 e. The fraction of sp³-hybridized carbons (Fsp3) is 0.261. The van der Waals surface area contributed by atoms with Gasteiger partial charge in [-0.15, -0.1) is 0 Å². The first-order chi connectivity index (χ1) is 12.2. The first-order valence-electron chi connectivity index (χ1n) is 8.91. The fourth-order valence-electron chi connectivity index (χ4n) is 2.90. The van der Waals surface area contributed by atoms with Crippen molar-refractivity contribution in [1.82, 2.24) is 4.90 Å². The van der Waals surface area contributed by atoms with E-state index in [-0.39, 0.29) is 5.78 Å². The average Bonchev–Trinajstić information content (AvgIpc) is 2.64. The predicted octanol–water partition coefficient (Wildman–Crippen LogP) is 5.96. The molecule has 0 aliphatic rings. The zero-order valence-corrected chi connectivity index (χ0v) is 15.2. The molecule has 0 aliphatic heterocycles. The summed E-state index contributed by atoms with van der Waals surface area (Å²) in [6.07, 6.45) is 6.91. The van der Waals surface area contributed by atoms with Crippen LogP contribution in [0.1, 0.15) is 38.7 Å². The second-order valence-electron chi connectivity index (χ2n) is 6.12. The molecule has 2 rings (SSSR count). The summed E-state index contributed by atoms with van der Waals surface area (Å²) in [5.41, 5.74) is 4.27. The zero-order chi connectivity index (χ0) is 18.1. The average molecular weight is 333 g/mol. The number of carbonyl (C=O) groups is 1. The molecule has 0 radical (unpaired) electrons. The summed E-state index contributed by atoms with van der Waals surface area (Å²) in [7, 11) is 0. The van der Waals surface area contributed by atoms with Crippen LogP contribution >= 0.6 is 0 Å². The predicted molar refractivity (Wildman–Crippen MR) is 106 cm³/mol. The van der Waals surface area contributed by atoms with Crippen molar-refractivity contribution >= 4 is 5.78 Å². The molecule has 0 aromatic heterocycles. The van der Waals surface area contributed by atoms with Crippen LogP contribution in [0.5, 0.6) is 0 Å². The fourth-order valence-corrected chi connectivity index (χ4v) is 2.90. The number of Topliss-reactive ketones (excluding diaryl/α,β-unsaturated/α-hetero) is 1. The number of rotatable bonds is 9. The standard InChI is InChI=1S/C23H27NO/c1-4-6-8-17-23(19(3)25)24(5-2)18-21-15-11-12-16-22(21)20-13-9-7-10-14-20/h5,7,9-17H,2,4,6,8,18H2,1,3H3.